The summed E-state index contributed by atoms with van der Waals surface area (Å²) >= 11 is 7.98. The molecule has 3 atom stereocenters. The lowest BCUT2D eigenvalue weighted by atomic mass is 9.82. The number of nitrogens with zero attached hydrogens (tertiary/aromatic N) is 2. The van der Waals surface area contributed by atoms with Gasteiger partial charge in [-0.1, -0.05) is 70.6 Å². The van der Waals surface area contributed by atoms with Crippen LogP contribution < -0.4 is 15.1 Å². The zero-order chi connectivity index (χ0) is 28.1. The Labute approximate surface area is 242 Å². The number of aromatic nitrogens is 1. The highest BCUT2D eigenvalue weighted by Gasteiger charge is 2.57. The number of phenolic OH excluding ortho intramolecular Hbond substituents is 1. The van der Waals surface area contributed by atoms with Crippen molar-refractivity contribution in [3.63, 3.8) is 0 Å². The molecule has 1 fully saturated rings. The molecule has 2 aliphatic heterocycles. The highest BCUT2D eigenvalue weighted by molar-refractivity contribution is 8.00. The molecule has 0 aliphatic carbocycles. The number of aryl methyl sites for hydroxylation is 1. The van der Waals surface area contributed by atoms with E-state index in [4.69, 9.17) is 11.6 Å². The van der Waals surface area contributed by atoms with Gasteiger partial charge in [0, 0.05) is 27.1 Å². The lowest BCUT2D eigenvalue weighted by molar-refractivity contribution is -0.122. The van der Waals surface area contributed by atoms with Crippen molar-refractivity contribution in [3.8, 4) is 5.75 Å². The van der Waals surface area contributed by atoms with Gasteiger partial charge in [0.25, 0.3) is 0 Å². The minimum atomic E-state index is -0.842. The van der Waals surface area contributed by atoms with E-state index in [1.54, 1.807) is 54.6 Å². The first-order valence-corrected chi connectivity index (χ1v) is 14.5. The summed E-state index contributed by atoms with van der Waals surface area (Å²) in [5.41, 5.74) is 2.43. The number of rotatable bonds is 5. The van der Waals surface area contributed by atoms with Crippen LogP contribution in [0.2, 0.25) is 5.02 Å². The lowest BCUT2D eigenvalue weighted by Gasteiger charge is -2.31. The van der Waals surface area contributed by atoms with Gasteiger partial charge < -0.3 is 10.4 Å². The highest BCUT2D eigenvalue weighted by atomic mass is 35.5. The predicted molar refractivity (Wildman–Crippen MR) is 155 cm³/mol. The van der Waals surface area contributed by atoms with E-state index in [1.165, 1.54) is 15.5 Å². The highest BCUT2D eigenvalue weighted by Crippen LogP contribution is 2.55. The van der Waals surface area contributed by atoms with Crippen LogP contribution in [0.3, 0.4) is 0 Å². The minimum Gasteiger partial charge on any atom is -0.508 e. The number of amides is 3. The molecule has 8 nitrogen and oxygen atoms in total. The number of hydrogen-bond donors (Lipinski definition) is 2. The number of imide groups is 1. The zero-order valence-corrected chi connectivity index (χ0v) is 23.4. The first kappa shape index (κ1) is 26.4. The Balaban J connectivity index is 1.41. The first-order valence-electron chi connectivity index (χ1n) is 12.4. The summed E-state index contributed by atoms with van der Waals surface area (Å²) in [5.74, 6) is -2.83. The molecule has 4 aromatic rings. The van der Waals surface area contributed by atoms with E-state index in [9.17, 15) is 24.3 Å². The van der Waals surface area contributed by atoms with E-state index in [0.29, 0.717) is 31.9 Å². The fraction of sp³-hybridized carbons (Fsp3) is 0.172. The van der Waals surface area contributed by atoms with E-state index >= 15 is 0 Å². The smallest absolute Gasteiger partial charge is 0.308 e. The van der Waals surface area contributed by atoms with Crippen molar-refractivity contribution in [2.45, 2.75) is 29.7 Å². The third-order valence-electron chi connectivity index (χ3n) is 7.04. The average molecular weight is 592 g/mol. The molecule has 3 heterocycles. The van der Waals surface area contributed by atoms with E-state index < -0.39 is 34.8 Å². The van der Waals surface area contributed by atoms with Crippen LogP contribution in [0, 0.1) is 12.8 Å². The third kappa shape index (κ3) is 4.51. The quantitative estimate of drug-likeness (QED) is 0.316. The summed E-state index contributed by atoms with van der Waals surface area (Å²) in [6.45, 7) is 1.64. The van der Waals surface area contributed by atoms with E-state index in [0.717, 1.165) is 28.7 Å². The van der Waals surface area contributed by atoms with Crippen molar-refractivity contribution in [2.24, 2.45) is 5.92 Å². The lowest BCUT2D eigenvalue weighted by Crippen LogP contribution is -2.33. The van der Waals surface area contributed by atoms with Crippen LogP contribution in [0.4, 0.5) is 11.4 Å². The molecule has 2 aliphatic rings. The van der Waals surface area contributed by atoms with Crippen molar-refractivity contribution < 1.29 is 19.5 Å². The van der Waals surface area contributed by atoms with Gasteiger partial charge >= 0.3 is 4.87 Å². The number of aromatic hydroxyl groups is 1. The van der Waals surface area contributed by atoms with Gasteiger partial charge in [-0.3, -0.25) is 23.7 Å². The number of fused-ring (bicyclic) bond motifs is 2. The van der Waals surface area contributed by atoms with Gasteiger partial charge in [0.15, 0.2) is 0 Å². The Bertz CT molecular complexity index is 1710. The van der Waals surface area contributed by atoms with E-state index in [-0.39, 0.29) is 17.2 Å². The summed E-state index contributed by atoms with van der Waals surface area (Å²) < 4.78 is 1.34. The van der Waals surface area contributed by atoms with Crippen LogP contribution in [0.5, 0.6) is 5.75 Å². The van der Waals surface area contributed by atoms with Crippen molar-refractivity contribution in [2.75, 3.05) is 10.2 Å². The number of benzene rings is 3. The SMILES string of the molecule is Cc1ccc(N2C(=O)[C@@H]3[C@H](c4ccccc4O)c4sc(=O)n(CC(=O)Nc5ccc(Cl)cc5)c4S[C@@H]3C2=O)cc1. The second-order valence-corrected chi connectivity index (χ2v) is 12.2. The molecule has 0 bridgehead atoms. The third-order valence-corrected chi connectivity index (χ3v) is 9.90. The molecule has 1 saturated heterocycles. The molecular weight excluding hydrogens is 570 g/mol. The minimum absolute atomic E-state index is 0.0361. The number of anilines is 2. The summed E-state index contributed by atoms with van der Waals surface area (Å²) in [6, 6.07) is 20.4. The monoisotopic (exact) mass is 591 g/mol. The van der Waals surface area contributed by atoms with Gasteiger partial charge in [-0.05, 0) is 49.4 Å². The van der Waals surface area contributed by atoms with Crippen LogP contribution in [-0.4, -0.2) is 32.6 Å². The largest absolute Gasteiger partial charge is 0.508 e. The van der Waals surface area contributed by atoms with Crippen LogP contribution in [0.15, 0.2) is 82.6 Å². The molecule has 0 unspecified atom stereocenters. The number of carbonyl (C=O) groups excluding carboxylic acids is 3. The predicted octanol–water partition coefficient (Wildman–Crippen LogP) is 5.01. The Hall–Kier alpha value is -3.86. The second kappa shape index (κ2) is 10.3. The number of phenols is 1. The topological polar surface area (TPSA) is 109 Å². The molecule has 11 heteroatoms. The second-order valence-electron chi connectivity index (χ2n) is 9.63. The van der Waals surface area contributed by atoms with Crippen molar-refractivity contribution >= 4 is 63.8 Å². The van der Waals surface area contributed by atoms with Crippen LogP contribution in [-0.2, 0) is 20.9 Å². The molecule has 3 aromatic carbocycles. The zero-order valence-electron chi connectivity index (χ0n) is 21.0. The van der Waals surface area contributed by atoms with Gasteiger partial charge in [0.05, 0.1) is 16.6 Å². The van der Waals surface area contributed by atoms with Crippen molar-refractivity contribution in [1.82, 2.24) is 4.57 Å². The fourth-order valence-corrected chi connectivity index (χ4v) is 8.06. The molecule has 3 amide bonds. The maximum Gasteiger partial charge on any atom is 0.308 e. The Morgan fingerprint density at radius 1 is 0.975 bits per heavy atom. The number of thiazole rings is 1. The van der Waals surface area contributed by atoms with Crippen molar-refractivity contribution in [3.05, 3.63) is 103 Å². The molecule has 0 radical (unpaired) electrons. The van der Waals surface area contributed by atoms with Gasteiger partial charge in [-0.2, -0.15) is 0 Å². The number of carbonyl (C=O) groups is 3. The Morgan fingerprint density at radius 2 is 1.68 bits per heavy atom. The molecule has 40 heavy (non-hydrogen) atoms. The average Bonchev–Trinajstić information content (AvgIpc) is 3.37. The number of hydrogen-bond acceptors (Lipinski definition) is 7. The molecule has 0 spiro atoms. The van der Waals surface area contributed by atoms with Crippen LogP contribution in [0.25, 0.3) is 0 Å². The Morgan fingerprint density at radius 3 is 2.38 bits per heavy atom. The van der Waals surface area contributed by atoms with Crippen LogP contribution in [0.1, 0.15) is 21.9 Å². The first-order chi connectivity index (χ1) is 19.2. The number of para-hydroxylation sites is 1. The fourth-order valence-electron chi connectivity index (χ4n) is 5.17. The normalized spacial score (nSPS) is 19.9. The summed E-state index contributed by atoms with van der Waals surface area (Å²) in [5, 5.41) is 13.7. The summed E-state index contributed by atoms with van der Waals surface area (Å²) in [4.78, 5) is 55.2. The summed E-state index contributed by atoms with van der Waals surface area (Å²) in [7, 11) is 0. The molecule has 2 N–H and O–H groups in total. The van der Waals surface area contributed by atoms with E-state index in [2.05, 4.69) is 5.32 Å². The molecule has 1 aromatic heterocycles. The van der Waals surface area contributed by atoms with Gasteiger partial charge in [-0.15, -0.1) is 0 Å². The maximum absolute atomic E-state index is 13.9. The summed E-state index contributed by atoms with van der Waals surface area (Å²) in [6.07, 6.45) is 0. The number of thioether (sulfide) groups is 1. The number of nitrogens with one attached hydrogen (secondary N) is 1. The molecule has 0 saturated carbocycles. The molecule has 202 valence electrons. The standard InChI is InChI=1S/C29H22ClN3O5S2/c1-15-6-12-18(13-7-15)33-26(36)23-22(19-4-2-3-5-20(19)34)25-28(39-24(23)27(33)37)32(29(38)40-25)14-21(35)31-17-10-8-16(30)9-11-17/h2-13,22-24,34H,14H2,1H3,(H,31,35)/t22-,23+,24-/m0/s1. The maximum atomic E-state index is 13.9. The molecular formula is C29H22ClN3O5S2. The number of halogens is 1. The van der Waals surface area contributed by atoms with E-state index in [1.807, 2.05) is 19.1 Å². The van der Waals surface area contributed by atoms with Gasteiger partial charge in [-0.25, -0.2) is 4.90 Å². The van der Waals surface area contributed by atoms with Crippen molar-refractivity contribution in [1.29, 1.82) is 0 Å². The van der Waals surface area contributed by atoms with Crippen LogP contribution >= 0.6 is 34.7 Å². The van der Waals surface area contributed by atoms with Gasteiger partial charge in [0.1, 0.15) is 17.5 Å². The Kier molecular flexibility index (Phi) is 6.77. The molecule has 6 rings (SSSR count). The van der Waals surface area contributed by atoms with Gasteiger partial charge in [0.2, 0.25) is 17.7 Å².